The summed E-state index contributed by atoms with van der Waals surface area (Å²) in [7, 11) is 0. The fourth-order valence-corrected chi connectivity index (χ4v) is 5.93. The molecule has 0 bridgehead atoms. The number of fused-ring (bicyclic) bond motifs is 1. The third-order valence-corrected chi connectivity index (χ3v) is 7.67. The highest BCUT2D eigenvalue weighted by atomic mass is 16.3. The Kier molecular flexibility index (Phi) is 8.37. The Bertz CT molecular complexity index is 589. The highest BCUT2D eigenvalue weighted by molar-refractivity contribution is 5.76. The zero-order valence-electron chi connectivity index (χ0n) is 18.4. The van der Waals surface area contributed by atoms with Crippen LogP contribution in [0.25, 0.3) is 0 Å². The molecular weight excluding hydrogens is 362 g/mol. The Balaban J connectivity index is 1.47. The molecule has 3 fully saturated rings. The molecule has 0 aromatic rings. The van der Waals surface area contributed by atoms with E-state index in [1.807, 2.05) is 24.8 Å². The molecule has 0 aromatic carbocycles. The summed E-state index contributed by atoms with van der Waals surface area (Å²) >= 11 is 0. The van der Waals surface area contributed by atoms with Crippen molar-refractivity contribution >= 4 is 5.91 Å². The first-order chi connectivity index (χ1) is 14.0. The Morgan fingerprint density at radius 3 is 2.62 bits per heavy atom. The van der Waals surface area contributed by atoms with E-state index in [1.54, 1.807) is 0 Å². The monoisotopic (exact) mass is 403 g/mol. The summed E-state index contributed by atoms with van der Waals surface area (Å²) < 4.78 is 0. The van der Waals surface area contributed by atoms with Crippen LogP contribution in [-0.2, 0) is 4.79 Å². The molecule has 0 heterocycles. The topological polar surface area (TPSA) is 60.8 Å². The molecule has 0 spiro atoms. The van der Waals surface area contributed by atoms with Crippen molar-refractivity contribution in [2.24, 2.45) is 23.7 Å². The fraction of sp³-hybridized carbons (Fsp3) is 0.800. The van der Waals surface area contributed by atoms with Crippen molar-refractivity contribution in [3.05, 3.63) is 23.8 Å². The SMILES string of the molecule is CCN(CC)C(=O)CCC/C=C1\C[C@H]2C[C@@H](O)[C@H](C=CC(O)C3CCCC3)[C@H]2C1. The molecule has 1 unspecified atom stereocenters. The van der Waals surface area contributed by atoms with Crippen LogP contribution in [-0.4, -0.2) is 46.3 Å². The van der Waals surface area contributed by atoms with Crippen LogP contribution in [0.3, 0.4) is 0 Å². The molecule has 3 aliphatic rings. The van der Waals surface area contributed by atoms with Gasteiger partial charge in [0.1, 0.15) is 0 Å². The minimum absolute atomic E-state index is 0.186. The lowest BCUT2D eigenvalue weighted by atomic mass is 9.89. The summed E-state index contributed by atoms with van der Waals surface area (Å²) in [6.45, 7) is 5.67. The zero-order valence-corrected chi connectivity index (χ0v) is 18.4. The lowest BCUT2D eigenvalue weighted by Gasteiger charge is -2.19. The second-order valence-corrected chi connectivity index (χ2v) is 9.45. The third-order valence-electron chi connectivity index (χ3n) is 7.67. The van der Waals surface area contributed by atoms with Crippen molar-refractivity contribution in [2.75, 3.05) is 13.1 Å². The van der Waals surface area contributed by atoms with Gasteiger partial charge < -0.3 is 15.1 Å². The molecule has 2 N–H and O–H groups in total. The lowest BCUT2D eigenvalue weighted by Crippen LogP contribution is -2.30. The number of carbonyl (C=O) groups excluding carboxylic acids is 1. The van der Waals surface area contributed by atoms with E-state index in [2.05, 4.69) is 12.2 Å². The van der Waals surface area contributed by atoms with Gasteiger partial charge in [0.25, 0.3) is 0 Å². The number of hydrogen-bond donors (Lipinski definition) is 2. The van der Waals surface area contributed by atoms with Gasteiger partial charge in [-0.2, -0.15) is 0 Å². The van der Waals surface area contributed by atoms with Gasteiger partial charge in [-0.3, -0.25) is 4.79 Å². The molecule has 164 valence electrons. The number of amides is 1. The van der Waals surface area contributed by atoms with Gasteiger partial charge >= 0.3 is 0 Å². The molecule has 5 atom stereocenters. The molecule has 4 heteroatoms. The predicted molar refractivity (Wildman–Crippen MR) is 117 cm³/mol. The second kappa shape index (κ2) is 10.8. The highest BCUT2D eigenvalue weighted by Crippen LogP contribution is 2.50. The maximum atomic E-state index is 12.1. The van der Waals surface area contributed by atoms with Crippen LogP contribution in [0.2, 0.25) is 0 Å². The van der Waals surface area contributed by atoms with Crippen molar-refractivity contribution < 1.29 is 15.0 Å². The normalized spacial score (nSPS) is 32.3. The van der Waals surface area contributed by atoms with E-state index in [-0.39, 0.29) is 24.0 Å². The number of aliphatic hydroxyl groups is 2. The quantitative estimate of drug-likeness (QED) is 0.441. The van der Waals surface area contributed by atoms with Crippen LogP contribution < -0.4 is 0 Å². The molecule has 3 rings (SSSR count). The van der Waals surface area contributed by atoms with E-state index in [0.717, 1.165) is 58.0 Å². The van der Waals surface area contributed by atoms with E-state index in [0.29, 0.717) is 24.2 Å². The van der Waals surface area contributed by atoms with Gasteiger partial charge in [-0.1, -0.05) is 36.6 Å². The summed E-state index contributed by atoms with van der Waals surface area (Å²) in [5.74, 6) is 1.96. The Morgan fingerprint density at radius 2 is 1.93 bits per heavy atom. The largest absolute Gasteiger partial charge is 0.392 e. The van der Waals surface area contributed by atoms with Crippen molar-refractivity contribution in [2.45, 2.75) is 90.3 Å². The zero-order chi connectivity index (χ0) is 20.8. The summed E-state index contributed by atoms with van der Waals surface area (Å²) in [6.07, 6.45) is 16.2. The minimum Gasteiger partial charge on any atom is -0.392 e. The van der Waals surface area contributed by atoms with Gasteiger partial charge in [-0.15, -0.1) is 0 Å². The minimum atomic E-state index is -0.344. The van der Waals surface area contributed by atoms with Gasteiger partial charge in [0.05, 0.1) is 12.2 Å². The number of nitrogens with zero attached hydrogens (tertiary/aromatic N) is 1. The lowest BCUT2D eigenvalue weighted by molar-refractivity contribution is -0.130. The first-order valence-corrected chi connectivity index (χ1v) is 12.0. The summed E-state index contributed by atoms with van der Waals surface area (Å²) in [6, 6.07) is 0. The average Bonchev–Trinajstić information content (AvgIpc) is 3.42. The molecule has 0 aromatic heterocycles. The second-order valence-electron chi connectivity index (χ2n) is 9.45. The van der Waals surface area contributed by atoms with E-state index < -0.39 is 0 Å². The van der Waals surface area contributed by atoms with Crippen LogP contribution in [0.5, 0.6) is 0 Å². The molecular formula is C25H41NO3. The van der Waals surface area contributed by atoms with E-state index in [4.69, 9.17) is 0 Å². The van der Waals surface area contributed by atoms with E-state index in [9.17, 15) is 15.0 Å². The highest BCUT2D eigenvalue weighted by Gasteiger charge is 2.45. The summed E-state index contributed by atoms with van der Waals surface area (Å²) in [4.78, 5) is 14.0. The van der Waals surface area contributed by atoms with Gasteiger partial charge in [-0.05, 0) is 76.5 Å². The van der Waals surface area contributed by atoms with Crippen LogP contribution in [0.1, 0.15) is 78.1 Å². The van der Waals surface area contributed by atoms with E-state index in [1.165, 1.54) is 18.4 Å². The number of hydrogen-bond acceptors (Lipinski definition) is 3. The number of unbranched alkanes of at least 4 members (excludes halogenated alkanes) is 1. The van der Waals surface area contributed by atoms with Crippen LogP contribution >= 0.6 is 0 Å². The number of rotatable bonds is 9. The predicted octanol–water partition coefficient (Wildman–Crippen LogP) is 4.47. The number of aliphatic hydroxyl groups excluding tert-OH is 2. The molecule has 29 heavy (non-hydrogen) atoms. The Hall–Kier alpha value is -1.13. The van der Waals surface area contributed by atoms with Crippen LogP contribution in [0.4, 0.5) is 0 Å². The molecule has 0 radical (unpaired) electrons. The molecule has 3 saturated carbocycles. The number of allylic oxidation sites excluding steroid dienone is 2. The van der Waals surface area contributed by atoms with Crippen molar-refractivity contribution in [3.63, 3.8) is 0 Å². The van der Waals surface area contributed by atoms with Crippen molar-refractivity contribution in [1.29, 1.82) is 0 Å². The maximum Gasteiger partial charge on any atom is 0.222 e. The van der Waals surface area contributed by atoms with Gasteiger partial charge in [0, 0.05) is 25.4 Å². The summed E-state index contributed by atoms with van der Waals surface area (Å²) in [5, 5.41) is 21.0. The molecule has 0 aliphatic heterocycles. The summed E-state index contributed by atoms with van der Waals surface area (Å²) in [5.41, 5.74) is 1.51. The Morgan fingerprint density at radius 1 is 1.21 bits per heavy atom. The smallest absolute Gasteiger partial charge is 0.222 e. The first-order valence-electron chi connectivity index (χ1n) is 12.0. The molecule has 4 nitrogen and oxygen atoms in total. The fourth-order valence-electron chi connectivity index (χ4n) is 5.93. The van der Waals surface area contributed by atoms with Crippen LogP contribution in [0.15, 0.2) is 23.8 Å². The Labute approximate surface area is 177 Å². The van der Waals surface area contributed by atoms with Gasteiger partial charge in [-0.25, -0.2) is 0 Å². The standard InChI is InChI=1S/C25H41NO3/c1-3-26(4-2)25(29)12-8-5-9-18-15-20-17-24(28)21(22(20)16-18)13-14-23(27)19-10-6-7-11-19/h9,13-14,19-24,27-28H,3-8,10-12,15-17H2,1-2H3/b14-13?,18-9+/t20-,21+,22-,23?,24+/m0/s1. The number of carbonyl (C=O) groups is 1. The average molecular weight is 404 g/mol. The first kappa shape index (κ1) is 22.6. The molecule has 1 amide bonds. The maximum absolute atomic E-state index is 12.1. The van der Waals surface area contributed by atoms with Gasteiger partial charge in [0.2, 0.25) is 5.91 Å². The van der Waals surface area contributed by atoms with E-state index >= 15 is 0 Å². The van der Waals surface area contributed by atoms with Gasteiger partial charge in [0.15, 0.2) is 0 Å². The van der Waals surface area contributed by atoms with Crippen LogP contribution in [0, 0.1) is 23.7 Å². The van der Waals surface area contributed by atoms with Crippen molar-refractivity contribution in [3.8, 4) is 0 Å². The van der Waals surface area contributed by atoms with Crippen molar-refractivity contribution in [1.82, 2.24) is 4.90 Å². The molecule has 0 saturated heterocycles. The molecule has 3 aliphatic carbocycles. The third kappa shape index (κ3) is 5.73.